The van der Waals surface area contributed by atoms with Gasteiger partial charge < -0.3 is 4.74 Å². The van der Waals surface area contributed by atoms with E-state index >= 15 is 0 Å². The lowest BCUT2D eigenvalue weighted by Crippen LogP contribution is -2.11. The Morgan fingerprint density at radius 1 is 1.29 bits per heavy atom. The molecule has 1 nitrogen and oxygen atoms in total. The van der Waals surface area contributed by atoms with Crippen LogP contribution in [0.5, 0.6) is 5.75 Å². The molecule has 0 aliphatic carbocycles. The molecule has 0 spiro atoms. The minimum atomic E-state index is 0.688. The number of unbranched alkanes of at least 4 members (excludes halogenated alkanes) is 1. The number of halogens is 1. The summed E-state index contributed by atoms with van der Waals surface area (Å²) in [4.78, 5) is 0. The quantitative estimate of drug-likeness (QED) is 0.659. The van der Waals surface area contributed by atoms with Crippen LogP contribution in [-0.4, -0.2) is 6.61 Å². The lowest BCUT2D eigenvalue weighted by Gasteiger charge is -2.16. The summed E-state index contributed by atoms with van der Waals surface area (Å²) in [5.41, 5.74) is 1.21. The van der Waals surface area contributed by atoms with Crippen molar-refractivity contribution in [1.29, 1.82) is 0 Å². The van der Waals surface area contributed by atoms with Gasteiger partial charge in [0.15, 0.2) is 0 Å². The Hall–Kier alpha value is -0.500. The average Bonchev–Trinajstić information content (AvgIpc) is 2.33. The molecule has 0 bridgehead atoms. The first-order valence-electron chi connectivity index (χ1n) is 6.56. The fourth-order valence-electron chi connectivity index (χ4n) is 1.84. The number of benzene rings is 1. The first-order valence-corrected chi connectivity index (χ1v) is 7.35. The summed E-state index contributed by atoms with van der Waals surface area (Å²) in [6, 6.07) is 6.20. The van der Waals surface area contributed by atoms with Crippen LogP contribution in [0.15, 0.2) is 22.7 Å². The highest BCUT2D eigenvalue weighted by Gasteiger charge is 2.08. The zero-order valence-corrected chi connectivity index (χ0v) is 12.7. The van der Waals surface area contributed by atoms with Crippen LogP contribution in [0.1, 0.15) is 45.1 Å². The van der Waals surface area contributed by atoms with Crippen LogP contribution in [0.25, 0.3) is 0 Å². The molecule has 0 saturated heterocycles. The standard InChI is InChI=1S/C15H23BrO/c1-4-6-7-13(5-2)11-17-15-10-14(16)9-8-12(15)3/h8-10,13H,4-7,11H2,1-3H3. The SMILES string of the molecule is CCCCC(CC)COc1cc(Br)ccc1C. The van der Waals surface area contributed by atoms with Crippen molar-refractivity contribution < 1.29 is 4.74 Å². The number of rotatable bonds is 7. The van der Waals surface area contributed by atoms with E-state index in [-0.39, 0.29) is 0 Å². The van der Waals surface area contributed by atoms with Crippen LogP contribution >= 0.6 is 15.9 Å². The highest BCUT2D eigenvalue weighted by atomic mass is 79.9. The van der Waals surface area contributed by atoms with E-state index in [9.17, 15) is 0 Å². The fourth-order valence-corrected chi connectivity index (χ4v) is 2.18. The largest absolute Gasteiger partial charge is 0.493 e. The van der Waals surface area contributed by atoms with E-state index in [0.717, 1.165) is 16.8 Å². The van der Waals surface area contributed by atoms with Gasteiger partial charge in [0.25, 0.3) is 0 Å². The summed E-state index contributed by atoms with van der Waals surface area (Å²) < 4.78 is 7.02. The predicted molar refractivity (Wildman–Crippen MR) is 77.7 cm³/mol. The molecule has 2 heteroatoms. The smallest absolute Gasteiger partial charge is 0.123 e. The Labute approximate surface area is 114 Å². The minimum absolute atomic E-state index is 0.688. The van der Waals surface area contributed by atoms with Crippen molar-refractivity contribution in [3.05, 3.63) is 28.2 Å². The lowest BCUT2D eigenvalue weighted by molar-refractivity contribution is 0.232. The Morgan fingerprint density at radius 2 is 2.06 bits per heavy atom. The second kappa shape index (κ2) is 7.75. The third-order valence-electron chi connectivity index (χ3n) is 3.17. The first-order chi connectivity index (χ1) is 8.17. The summed E-state index contributed by atoms with van der Waals surface area (Å²) in [7, 11) is 0. The number of aryl methyl sites for hydroxylation is 1. The fraction of sp³-hybridized carbons (Fsp3) is 0.600. The minimum Gasteiger partial charge on any atom is -0.493 e. The molecule has 17 heavy (non-hydrogen) atoms. The summed E-state index contributed by atoms with van der Waals surface area (Å²) in [5, 5.41) is 0. The van der Waals surface area contributed by atoms with Crippen molar-refractivity contribution in [2.24, 2.45) is 5.92 Å². The Kier molecular flexibility index (Phi) is 6.64. The molecule has 0 heterocycles. The monoisotopic (exact) mass is 298 g/mol. The van der Waals surface area contributed by atoms with Gasteiger partial charge in [-0.05, 0) is 37.0 Å². The maximum absolute atomic E-state index is 5.94. The molecule has 96 valence electrons. The molecule has 1 unspecified atom stereocenters. The van der Waals surface area contributed by atoms with Gasteiger partial charge in [-0.15, -0.1) is 0 Å². The van der Waals surface area contributed by atoms with Crippen molar-refractivity contribution >= 4 is 15.9 Å². The van der Waals surface area contributed by atoms with E-state index in [1.165, 1.54) is 31.2 Å². The second-order valence-electron chi connectivity index (χ2n) is 4.64. The number of hydrogen-bond acceptors (Lipinski definition) is 1. The second-order valence-corrected chi connectivity index (χ2v) is 5.55. The van der Waals surface area contributed by atoms with Crippen molar-refractivity contribution in [2.75, 3.05) is 6.61 Å². The van der Waals surface area contributed by atoms with Crippen molar-refractivity contribution in [3.63, 3.8) is 0 Å². The Bertz CT molecular complexity index is 336. The van der Waals surface area contributed by atoms with Gasteiger partial charge in [0, 0.05) is 4.47 Å². The van der Waals surface area contributed by atoms with E-state index in [0.29, 0.717) is 5.92 Å². The normalized spacial score (nSPS) is 12.5. The zero-order valence-electron chi connectivity index (χ0n) is 11.1. The van der Waals surface area contributed by atoms with Crippen LogP contribution < -0.4 is 4.74 Å². The highest BCUT2D eigenvalue weighted by molar-refractivity contribution is 9.10. The van der Waals surface area contributed by atoms with Crippen molar-refractivity contribution in [1.82, 2.24) is 0 Å². The molecule has 1 rings (SSSR count). The Balaban J connectivity index is 2.50. The van der Waals surface area contributed by atoms with Gasteiger partial charge in [0.1, 0.15) is 5.75 Å². The van der Waals surface area contributed by atoms with Gasteiger partial charge >= 0.3 is 0 Å². The summed E-state index contributed by atoms with van der Waals surface area (Å²) in [6.45, 7) is 7.42. The van der Waals surface area contributed by atoms with Crippen LogP contribution in [0.2, 0.25) is 0 Å². The topological polar surface area (TPSA) is 9.23 Å². The van der Waals surface area contributed by atoms with E-state index < -0.39 is 0 Å². The van der Waals surface area contributed by atoms with Gasteiger partial charge in [-0.3, -0.25) is 0 Å². The summed E-state index contributed by atoms with van der Waals surface area (Å²) in [6.07, 6.45) is 5.05. The maximum atomic E-state index is 5.94. The highest BCUT2D eigenvalue weighted by Crippen LogP contribution is 2.24. The molecule has 1 aromatic rings. The zero-order chi connectivity index (χ0) is 12.7. The van der Waals surface area contributed by atoms with Crippen LogP contribution in [0.3, 0.4) is 0 Å². The predicted octanol–water partition coefficient (Wildman–Crippen LogP) is 5.35. The van der Waals surface area contributed by atoms with Crippen LogP contribution in [0.4, 0.5) is 0 Å². The van der Waals surface area contributed by atoms with Gasteiger partial charge in [0.2, 0.25) is 0 Å². The third-order valence-corrected chi connectivity index (χ3v) is 3.66. The van der Waals surface area contributed by atoms with E-state index in [1.807, 2.05) is 0 Å². The van der Waals surface area contributed by atoms with E-state index in [4.69, 9.17) is 4.74 Å². The maximum Gasteiger partial charge on any atom is 0.123 e. The molecule has 0 radical (unpaired) electrons. The molecule has 1 atom stereocenters. The van der Waals surface area contributed by atoms with Crippen molar-refractivity contribution in [2.45, 2.75) is 46.5 Å². The number of ether oxygens (including phenoxy) is 1. The summed E-state index contributed by atoms with van der Waals surface area (Å²) in [5.74, 6) is 1.70. The molecule has 0 amide bonds. The van der Waals surface area contributed by atoms with Gasteiger partial charge in [0.05, 0.1) is 6.61 Å². The molecule has 0 aromatic heterocycles. The molecular formula is C15H23BrO. The lowest BCUT2D eigenvalue weighted by atomic mass is 10.0. The third kappa shape index (κ3) is 5.12. The summed E-state index contributed by atoms with van der Waals surface area (Å²) >= 11 is 3.48. The molecule has 0 fully saturated rings. The molecular weight excluding hydrogens is 276 g/mol. The van der Waals surface area contributed by atoms with Crippen LogP contribution in [0, 0.1) is 12.8 Å². The van der Waals surface area contributed by atoms with E-state index in [2.05, 4.69) is 54.9 Å². The molecule has 1 aromatic carbocycles. The Morgan fingerprint density at radius 3 is 2.71 bits per heavy atom. The van der Waals surface area contributed by atoms with Gasteiger partial charge in [-0.25, -0.2) is 0 Å². The number of hydrogen-bond donors (Lipinski definition) is 0. The van der Waals surface area contributed by atoms with Crippen molar-refractivity contribution in [3.8, 4) is 5.75 Å². The van der Waals surface area contributed by atoms with E-state index in [1.54, 1.807) is 0 Å². The van der Waals surface area contributed by atoms with Gasteiger partial charge in [-0.1, -0.05) is 55.1 Å². The molecule has 0 aliphatic heterocycles. The molecule has 0 aliphatic rings. The van der Waals surface area contributed by atoms with Crippen LogP contribution in [-0.2, 0) is 0 Å². The van der Waals surface area contributed by atoms with Gasteiger partial charge in [-0.2, -0.15) is 0 Å². The average molecular weight is 299 g/mol. The molecule has 0 N–H and O–H groups in total. The molecule has 0 saturated carbocycles. The first kappa shape index (κ1) is 14.6.